The summed E-state index contributed by atoms with van der Waals surface area (Å²) in [6.45, 7) is 0.230. The van der Waals surface area contributed by atoms with Crippen LogP contribution in [0.4, 0.5) is 0 Å². The molecule has 0 unspecified atom stereocenters. The van der Waals surface area contributed by atoms with Crippen molar-refractivity contribution in [1.29, 1.82) is 0 Å². The number of nitrogens with zero attached hydrogens (tertiary/aromatic N) is 3. The van der Waals surface area contributed by atoms with Crippen molar-refractivity contribution in [3.8, 4) is 5.75 Å². The van der Waals surface area contributed by atoms with Gasteiger partial charge in [-0.15, -0.1) is 0 Å². The third kappa shape index (κ3) is 2.77. The lowest BCUT2D eigenvalue weighted by Gasteiger charge is -2.17. The molecule has 0 fully saturated rings. The summed E-state index contributed by atoms with van der Waals surface area (Å²) in [6.07, 6.45) is 1.45. The van der Waals surface area contributed by atoms with Gasteiger partial charge in [0, 0.05) is 20.6 Å². The molecule has 0 radical (unpaired) electrons. The van der Waals surface area contributed by atoms with E-state index in [1.54, 1.807) is 19.2 Å². The third-order valence-corrected chi connectivity index (χ3v) is 4.67. The van der Waals surface area contributed by atoms with Crippen molar-refractivity contribution < 1.29 is 13.5 Å². The Labute approximate surface area is 112 Å². The van der Waals surface area contributed by atoms with Gasteiger partial charge >= 0.3 is 0 Å². The van der Waals surface area contributed by atoms with Gasteiger partial charge in [-0.25, -0.2) is 8.42 Å². The van der Waals surface area contributed by atoms with E-state index in [1.165, 1.54) is 40.4 Å². The van der Waals surface area contributed by atoms with Crippen LogP contribution in [0.1, 0.15) is 5.56 Å². The van der Waals surface area contributed by atoms with Crippen molar-refractivity contribution in [1.82, 2.24) is 14.1 Å². The summed E-state index contributed by atoms with van der Waals surface area (Å²) in [6, 6.07) is 7.89. The Bertz CT molecular complexity index is 662. The highest BCUT2D eigenvalue weighted by molar-refractivity contribution is 7.89. The molecule has 0 aliphatic heterocycles. The average molecular weight is 281 g/mol. The van der Waals surface area contributed by atoms with Crippen molar-refractivity contribution in [2.24, 2.45) is 7.05 Å². The maximum Gasteiger partial charge on any atom is 0.260 e. The summed E-state index contributed by atoms with van der Waals surface area (Å²) in [5.74, 6) is 0.154. The van der Waals surface area contributed by atoms with Crippen molar-refractivity contribution in [3.05, 3.63) is 42.1 Å². The highest BCUT2D eigenvalue weighted by Gasteiger charge is 2.23. The van der Waals surface area contributed by atoms with Crippen LogP contribution in [0, 0.1) is 0 Å². The molecule has 0 aliphatic rings. The number of phenols is 1. The van der Waals surface area contributed by atoms with E-state index in [4.69, 9.17) is 0 Å². The van der Waals surface area contributed by atoms with Gasteiger partial charge in [-0.1, -0.05) is 12.1 Å². The number of hydrogen-bond acceptors (Lipinski definition) is 4. The second kappa shape index (κ2) is 5.02. The number of hydrogen-bond donors (Lipinski definition) is 1. The van der Waals surface area contributed by atoms with Crippen LogP contribution >= 0.6 is 0 Å². The molecule has 0 aliphatic carbocycles. The Balaban J connectivity index is 2.22. The third-order valence-electron chi connectivity index (χ3n) is 2.79. The normalized spacial score (nSPS) is 11.9. The molecular formula is C12H15N3O3S. The lowest BCUT2D eigenvalue weighted by Crippen LogP contribution is -2.28. The van der Waals surface area contributed by atoms with Crippen molar-refractivity contribution >= 4 is 10.0 Å². The highest BCUT2D eigenvalue weighted by Crippen LogP contribution is 2.17. The van der Waals surface area contributed by atoms with Crippen molar-refractivity contribution in [3.63, 3.8) is 0 Å². The number of sulfonamides is 1. The molecule has 1 heterocycles. The number of phenolic OH excluding ortho intramolecular Hbond substituents is 1. The first-order valence-electron chi connectivity index (χ1n) is 5.63. The topological polar surface area (TPSA) is 75.4 Å². The van der Waals surface area contributed by atoms with Gasteiger partial charge in [0.2, 0.25) is 0 Å². The molecular weight excluding hydrogens is 266 g/mol. The van der Waals surface area contributed by atoms with Gasteiger partial charge in [-0.05, 0) is 23.8 Å². The summed E-state index contributed by atoms with van der Waals surface area (Å²) >= 11 is 0. The minimum Gasteiger partial charge on any atom is -0.508 e. The highest BCUT2D eigenvalue weighted by atomic mass is 32.2. The smallest absolute Gasteiger partial charge is 0.260 e. The van der Waals surface area contributed by atoms with E-state index < -0.39 is 10.0 Å². The molecule has 0 amide bonds. The largest absolute Gasteiger partial charge is 0.508 e. The van der Waals surface area contributed by atoms with Gasteiger partial charge in [0.25, 0.3) is 10.0 Å². The average Bonchev–Trinajstić information content (AvgIpc) is 2.79. The Morgan fingerprint density at radius 3 is 2.42 bits per heavy atom. The Kier molecular flexibility index (Phi) is 3.59. The summed E-state index contributed by atoms with van der Waals surface area (Å²) in [5, 5.41) is 13.2. The summed E-state index contributed by atoms with van der Waals surface area (Å²) in [5.41, 5.74) is 0.797. The van der Waals surface area contributed by atoms with E-state index in [2.05, 4.69) is 5.10 Å². The van der Waals surface area contributed by atoms with E-state index in [1.807, 2.05) is 0 Å². The molecule has 0 saturated carbocycles. The molecule has 6 nitrogen and oxygen atoms in total. The second-order valence-electron chi connectivity index (χ2n) is 4.22. The Hall–Kier alpha value is -1.86. The standard InChI is InChI=1S/C12H15N3O3S/c1-14(9-10-3-5-11(16)6-4-10)19(17,18)12-7-8-13-15(12)2/h3-8,16H,9H2,1-2H3. The van der Waals surface area contributed by atoms with Crippen LogP contribution < -0.4 is 0 Å². The fourth-order valence-corrected chi connectivity index (χ4v) is 2.97. The lowest BCUT2D eigenvalue weighted by atomic mass is 10.2. The Morgan fingerprint density at radius 2 is 1.89 bits per heavy atom. The summed E-state index contributed by atoms with van der Waals surface area (Å²) < 4.78 is 27.2. The van der Waals surface area contributed by atoms with Crippen LogP contribution in [0.25, 0.3) is 0 Å². The molecule has 0 saturated heterocycles. The van der Waals surface area contributed by atoms with E-state index in [0.717, 1.165) is 5.56 Å². The molecule has 1 aromatic heterocycles. The first-order valence-corrected chi connectivity index (χ1v) is 7.07. The SMILES string of the molecule is CN(Cc1ccc(O)cc1)S(=O)(=O)c1ccnn1C. The molecule has 1 aromatic carbocycles. The van der Waals surface area contributed by atoms with Crippen LogP contribution in [0.5, 0.6) is 5.75 Å². The first-order chi connectivity index (χ1) is 8.91. The molecule has 1 N–H and O–H groups in total. The maximum absolute atomic E-state index is 12.3. The van der Waals surface area contributed by atoms with E-state index in [-0.39, 0.29) is 17.3 Å². The number of aromatic hydroxyl groups is 1. The zero-order valence-corrected chi connectivity index (χ0v) is 11.5. The van der Waals surface area contributed by atoms with E-state index >= 15 is 0 Å². The van der Waals surface area contributed by atoms with Crippen LogP contribution in [0.15, 0.2) is 41.6 Å². The molecule has 0 spiro atoms. The predicted molar refractivity (Wildman–Crippen MR) is 70.0 cm³/mol. The number of aryl methyl sites for hydroxylation is 1. The summed E-state index contributed by atoms with van der Waals surface area (Å²) in [7, 11) is -0.470. The quantitative estimate of drug-likeness (QED) is 0.905. The number of aromatic nitrogens is 2. The second-order valence-corrected chi connectivity index (χ2v) is 6.21. The monoisotopic (exact) mass is 281 g/mol. The van der Waals surface area contributed by atoms with Crippen LogP contribution in [0.2, 0.25) is 0 Å². The fraction of sp³-hybridized carbons (Fsp3) is 0.250. The van der Waals surface area contributed by atoms with Crippen LogP contribution in [0.3, 0.4) is 0 Å². The van der Waals surface area contributed by atoms with Gasteiger partial charge in [0.1, 0.15) is 5.75 Å². The number of benzene rings is 1. The summed E-state index contributed by atoms with van der Waals surface area (Å²) in [4.78, 5) is 0. The Morgan fingerprint density at radius 1 is 1.26 bits per heavy atom. The van der Waals surface area contributed by atoms with Crippen LogP contribution in [-0.4, -0.2) is 34.7 Å². The van der Waals surface area contributed by atoms with Crippen molar-refractivity contribution in [2.45, 2.75) is 11.6 Å². The minimum atomic E-state index is -3.56. The van der Waals surface area contributed by atoms with E-state index in [9.17, 15) is 13.5 Å². The minimum absolute atomic E-state index is 0.147. The fourth-order valence-electron chi connectivity index (χ4n) is 1.72. The zero-order chi connectivity index (χ0) is 14.0. The zero-order valence-electron chi connectivity index (χ0n) is 10.7. The van der Waals surface area contributed by atoms with Gasteiger partial charge in [-0.2, -0.15) is 9.40 Å². The van der Waals surface area contributed by atoms with Crippen molar-refractivity contribution in [2.75, 3.05) is 7.05 Å². The molecule has 2 aromatic rings. The molecule has 0 bridgehead atoms. The van der Waals surface area contributed by atoms with Gasteiger partial charge in [0.05, 0.1) is 6.20 Å². The predicted octanol–water partition coefficient (Wildman–Crippen LogP) is 0.946. The molecule has 0 atom stereocenters. The van der Waals surface area contributed by atoms with Crippen LogP contribution in [-0.2, 0) is 23.6 Å². The molecule has 2 rings (SSSR count). The first kappa shape index (κ1) is 13.6. The molecule has 102 valence electrons. The van der Waals surface area contributed by atoms with Gasteiger partial charge < -0.3 is 5.11 Å². The van der Waals surface area contributed by atoms with Gasteiger partial charge in [0.15, 0.2) is 5.03 Å². The number of rotatable bonds is 4. The molecule has 7 heteroatoms. The lowest BCUT2D eigenvalue weighted by molar-refractivity contribution is 0.456. The maximum atomic E-state index is 12.3. The molecule has 19 heavy (non-hydrogen) atoms. The van der Waals surface area contributed by atoms with E-state index in [0.29, 0.717) is 0 Å². The van der Waals surface area contributed by atoms with Gasteiger partial charge in [-0.3, -0.25) is 4.68 Å².